The number of aromatic amines is 1. The van der Waals surface area contributed by atoms with Crippen LogP contribution in [0.15, 0.2) is 47.7 Å². The second kappa shape index (κ2) is 6.53. The molecule has 0 spiro atoms. The van der Waals surface area contributed by atoms with Crippen LogP contribution in [0.1, 0.15) is 20.9 Å². The fourth-order valence-electron chi connectivity index (χ4n) is 2.08. The Balaban J connectivity index is 1.80. The summed E-state index contributed by atoms with van der Waals surface area (Å²) < 4.78 is 0. The largest absolute Gasteiger partial charge is 0.347 e. The molecule has 0 saturated heterocycles. The zero-order valence-electron chi connectivity index (χ0n) is 12.4. The van der Waals surface area contributed by atoms with E-state index in [1.54, 1.807) is 37.6 Å². The Morgan fingerprint density at radius 3 is 2.96 bits per heavy atom. The lowest BCUT2D eigenvalue weighted by molar-refractivity contribution is 0.0954. The molecule has 0 atom stereocenters. The zero-order valence-corrected chi connectivity index (χ0v) is 13.2. The number of carbonyl (C=O) groups excluding carboxylic acids is 1. The molecule has 1 amide bonds. The number of carbonyl (C=O) groups is 1. The predicted octanol–water partition coefficient (Wildman–Crippen LogP) is 2.13. The van der Waals surface area contributed by atoms with Crippen LogP contribution in [0, 0.1) is 6.92 Å². The van der Waals surface area contributed by atoms with E-state index in [9.17, 15) is 9.59 Å². The van der Waals surface area contributed by atoms with Gasteiger partial charge >= 0.3 is 0 Å². The highest BCUT2D eigenvalue weighted by Crippen LogP contribution is 2.25. The first-order chi connectivity index (χ1) is 11.1. The van der Waals surface area contributed by atoms with E-state index in [-0.39, 0.29) is 11.5 Å². The van der Waals surface area contributed by atoms with Crippen molar-refractivity contribution in [3.05, 3.63) is 69.3 Å². The van der Waals surface area contributed by atoms with E-state index in [4.69, 9.17) is 0 Å². The Morgan fingerprint density at radius 1 is 1.35 bits per heavy atom. The van der Waals surface area contributed by atoms with Gasteiger partial charge in [-0.2, -0.15) is 0 Å². The summed E-state index contributed by atoms with van der Waals surface area (Å²) >= 11 is 1.21. The van der Waals surface area contributed by atoms with Crippen LogP contribution in [0.25, 0.3) is 10.6 Å². The molecule has 3 rings (SSSR count). The van der Waals surface area contributed by atoms with E-state index >= 15 is 0 Å². The van der Waals surface area contributed by atoms with Gasteiger partial charge in [0.1, 0.15) is 9.88 Å². The molecule has 3 aromatic rings. The van der Waals surface area contributed by atoms with Crippen LogP contribution in [-0.2, 0) is 6.54 Å². The molecule has 0 aliphatic carbocycles. The molecule has 23 heavy (non-hydrogen) atoms. The van der Waals surface area contributed by atoms with Crippen molar-refractivity contribution in [1.82, 2.24) is 20.3 Å². The van der Waals surface area contributed by atoms with Crippen LogP contribution in [-0.4, -0.2) is 20.9 Å². The van der Waals surface area contributed by atoms with E-state index in [1.807, 2.05) is 12.1 Å². The van der Waals surface area contributed by atoms with Crippen molar-refractivity contribution in [2.75, 3.05) is 0 Å². The number of nitrogens with one attached hydrogen (secondary N) is 2. The van der Waals surface area contributed by atoms with Gasteiger partial charge in [0.05, 0.1) is 11.3 Å². The zero-order chi connectivity index (χ0) is 16.2. The maximum absolute atomic E-state index is 12.3. The van der Waals surface area contributed by atoms with Crippen LogP contribution in [0.5, 0.6) is 0 Å². The Hall–Kier alpha value is -2.80. The number of H-pyrrole nitrogens is 1. The third kappa shape index (κ3) is 3.35. The van der Waals surface area contributed by atoms with Crippen molar-refractivity contribution in [3.8, 4) is 10.6 Å². The van der Waals surface area contributed by atoms with Gasteiger partial charge in [-0.3, -0.25) is 14.6 Å². The summed E-state index contributed by atoms with van der Waals surface area (Å²) in [6.45, 7) is 2.15. The normalized spacial score (nSPS) is 10.5. The Kier molecular flexibility index (Phi) is 4.29. The smallest absolute Gasteiger partial charge is 0.263 e. The molecular formula is C16H14N4O2S. The summed E-state index contributed by atoms with van der Waals surface area (Å²) in [5.74, 6) is -0.206. The molecule has 116 valence electrons. The van der Waals surface area contributed by atoms with Crippen molar-refractivity contribution >= 4 is 17.2 Å². The fourth-order valence-corrected chi connectivity index (χ4v) is 3.08. The minimum atomic E-state index is -0.219. The van der Waals surface area contributed by atoms with Crippen LogP contribution in [0.2, 0.25) is 0 Å². The molecule has 0 aliphatic rings. The van der Waals surface area contributed by atoms with E-state index < -0.39 is 0 Å². The molecule has 0 saturated carbocycles. The monoisotopic (exact) mass is 326 g/mol. The van der Waals surface area contributed by atoms with E-state index in [1.165, 1.54) is 11.3 Å². The SMILES string of the molecule is Cc1nc(-c2ccc[nH]c2=O)sc1C(=O)NCc1cccnc1. The average molecular weight is 326 g/mol. The Bertz CT molecular complexity index is 886. The summed E-state index contributed by atoms with van der Waals surface area (Å²) in [5, 5.41) is 3.38. The third-order valence-electron chi connectivity index (χ3n) is 3.23. The highest BCUT2D eigenvalue weighted by Gasteiger charge is 2.17. The van der Waals surface area contributed by atoms with Crippen molar-refractivity contribution in [1.29, 1.82) is 0 Å². The maximum atomic E-state index is 12.3. The summed E-state index contributed by atoms with van der Waals surface area (Å²) in [7, 11) is 0. The Labute approximate surface area is 136 Å². The highest BCUT2D eigenvalue weighted by molar-refractivity contribution is 7.17. The summed E-state index contributed by atoms with van der Waals surface area (Å²) in [4.78, 5) is 35.6. The van der Waals surface area contributed by atoms with Gasteiger partial charge in [-0.1, -0.05) is 6.07 Å². The van der Waals surface area contributed by atoms with Crippen molar-refractivity contribution < 1.29 is 4.79 Å². The second-order valence-electron chi connectivity index (χ2n) is 4.89. The molecule has 0 aliphatic heterocycles. The lowest BCUT2D eigenvalue weighted by Gasteiger charge is -2.03. The number of aromatic nitrogens is 3. The summed E-state index contributed by atoms with van der Waals surface area (Å²) in [5.41, 5.74) is 1.77. The lowest BCUT2D eigenvalue weighted by Crippen LogP contribution is -2.22. The first kappa shape index (κ1) is 15.1. The third-order valence-corrected chi connectivity index (χ3v) is 4.42. The topological polar surface area (TPSA) is 87.7 Å². The van der Waals surface area contributed by atoms with Crippen molar-refractivity contribution in [2.24, 2.45) is 0 Å². The molecule has 0 radical (unpaired) electrons. The quantitative estimate of drug-likeness (QED) is 0.769. The number of amides is 1. The fraction of sp³-hybridized carbons (Fsp3) is 0.125. The minimum absolute atomic E-state index is 0.206. The number of pyridine rings is 2. The predicted molar refractivity (Wildman–Crippen MR) is 88.3 cm³/mol. The van der Waals surface area contributed by atoms with E-state index in [0.29, 0.717) is 27.7 Å². The molecule has 3 aromatic heterocycles. The molecular weight excluding hydrogens is 312 g/mol. The van der Waals surface area contributed by atoms with Crippen LogP contribution in [0.3, 0.4) is 0 Å². The van der Waals surface area contributed by atoms with Crippen LogP contribution in [0.4, 0.5) is 0 Å². The van der Waals surface area contributed by atoms with Crippen molar-refractivity contribution in [3.63, 3.8) is 0 Å². The number of hydrogen-bond donors (Lipinski definition) is 2. The highest BCUT2D eigenvalue weighted by atomic mass is 32.1. The van der Waals surface area contributed by atoms with Gasteiger partial charge in [-0.05, 0) is 30.7 Å². The molecule has 0 fully saturated rings. The second-order valence-corrected chi connectivity index (χ2v) is 5.89. The number of aryl methyl sites for hydroxylation is 1. The number of rotatable bonds is 4. The number of thiazole rings is 1. The Morgan fingerprint density at radius 2 is 2.22 bits per heavy atom. The average Bonchev–Trinajstić information content (AvgIpc) is 2.96. The molecule has 7 heteroatoms. The number of nitrogens with zero attached hydrogens (tertiary/aromatic N) is 2. The first-order valence-corrected chi connectivity index (χ1v) is 7.79. The van der Waals surface area contributed by atoms with E-state index in [2.05, 4.69) is 20.3 Å². The first-order valence-electron chi connectivity index (χ1n) is 6.98. The van der Waals surface area contributed by atoms with Gasteiger partial charge < -0.3 is 10.3 Å². The lowest BCUT2D eigenvalue weighted by atomic mass is 10.3. The van der Waals surface area contributed by atoms with Gasteiger partial charge in [0.25, 0.3) is 11.5 Å². The minimum Gasteiger partial charge on any atom is -0.347 e. The van der Waals surface area contributed by atoms with Gasteiger partial charge in [0.2, 0.25) is 0 Å². The molecule has 3 heterocycles. The van der Waals surface area contributed by atoms with Gasteiger partial charge in [0, 0.05) is 25.1 Å². The van der Waals surface area contributed by atoms with Gasteiger partial charge in [0.15, 0.2) is 0 Å². The molecule has 6 nitrogen and oxygen atoms in total. The molecule has 0 bridgehead atoms. The standard InChI is InChI=1S/C16H14N4O2S/c1-10-13(15(22)19-9-11-4-2-6-17-8-11)23-16(20-10)12-5-3-7-18-14(12)21/h2-8H,9H2,1H3,(H,18,21)(H,19,22). The molecule has 0 aromatic carbocycles. The summed E-state index contributed by atoms with van der Waals surface area (Å²) in [6.07, 6.45) is 4.95. The molecule has 2 N–H and O–H groups in total. The van der Waals surface area contributed by atoms with Crippen LogP contribution >= 0.6 is 11.3 Å². The van der Waals surface area contributed by atoms with Crippen molar-refractivity contribution in [2.45, 2.75) is 13.5 Å². The van der Waals surface area contributed by atoms with E-state index in [0.717, 1.165) is 5.56 Å². The van der Waals surface area contributed by atoms with Gasteiger partial charge in [-0.25, -0.2) is 4.98 Å². The molecule has 0 unspecified atom stereocenters. The van der Waals surface area contributed by atoms with Gasteiger partial charge in [-0.15, -0.1) is 11.3 Å². The maximum Gasteiger partial charge on any atom is 0.263 e. The number of hydrogen-bond acceptors (Lipinski definition) is 5. The summed E-state index contributed by atoms with van der Waals surface area (Å²) in [6, 6.07) is 7.13. The van der Waals surface area contributed by atoms with Crippen LogP contribution < -0.4 is 10.9 Å².